The molecule has 4 nitrogen and oxygen atoms in total. The second-order valence-corrected chi connectivity index (χ2v) is 7.70. The van der Waals surface area contributed by atoms with E-state index in [0.29, 0.717) is 29.7 Å². The highest BCUT2D eigenvalue weighted by atomic mass is 35.5. The van der Waals surface area contributed by atoms with Gasteiger partial charge in [-0.2, -0.15) is 0 Å². The standard InChI is InChI=1S/C22H24Cl3NO3/c1-16-14-19(27-13-10-21(24)25)15-20(23)22(16)28-11-6-7-12-29-26-17(2)18-8-4-3-5-9-18/h3-5,8-10,14-15H,6-7,11-13H2,1-2H3. The van der Waals surface area contributed by atoms with E-state index in [1.54, 1.807) is 12.1 Å². The summed E-state index contributed by atoms with van der Waals surface area (Å²) in [7, 11) is 0. The number of hydrogen-bond donors (Lipinski definition) is 0. The van der Waals surface area contributed by atoms with Crippen molar-refractivity contribution in [2.45, 2.75) is 26.7 Å². The van der Waals surface area contributed by atoms with Crippen molar-refractivity contribution in [3.8, 4) is 11.5 Å². The van der Waals surface area contributed by atoms with Crippen molar-refractivity contribution in [2.75, 3.05) is 19.8 Å². The summed E-state index contributed by atoms with van der Waals surface area (Å²) < 4.78 is 11.5. The van der Waals surface area contributed by atoms with Crippen molar-refractivity contribution in [1.29, 1.82) is 0 Å². The maximum atomic E-state index is 6.32. The van der Waals surface area contributed by atoms with Crippen LogP contribution in [-0.2, 0) is 4.84 Å². The van der Waals surface area contributed by atoms with Gasteiger partial charge in [0.15, 0.2) is 0 Å². The van der Waals surface area contributed by atoms with E-state index in [9.17, 15) is 0 Å². The molecule has 156 valence electrons. The van der Waals surface area contributed by atoms with Crippen molar-refractivity contribution in [2.24, 2.45) is 5.16 Å². The lowest BCUT2D eigenvalue weighted by Crippen LogP contribution is -2.03. The van der Waals surface area contributed by atoms with Crippen molar-refractivity contribution in [1.82, 2.24) is 0 Å². The highest BCUT2D eigenvalue weighted by Crippen LogP contribution is 2.33. The number of benzene rings is 2. The van der Waals surface area contributed by atoms with Crippen LogP contribution in [0.4, 0.5) is 0 Å². The quantitative estimate of drug-likeness (QED) is 0.209. The van der Waals surface area contributed by atoms with Gasteiger partial charge in [-0.05, 0) is 50.0 Å². The van der Waals surface area contributed by atoms with Gasteiger partial charge in [0.05, 0.1) is 17.3 Å². The SMILES string of the molecule is CC(=NOCCCCOc1c(C)cc(OCC=C(Cl)Cl)cc1Cl)c1ccccc1. The molecule has 0 aliphatic heterocycles. The Kier molecular flexibility index (Phi) is 10.2. The van der Waals surface area contributed by atoms with Crippen molar-refractivity contribution >= 4 is 40.5 Å². The first-order valence-corrected chi connectivity index (χ1v) is 10.4. The molecule has 0 spiro atoms. The molecule has 7 heteroatoms. The summed E-state index contributed by atoms with van der Waals surface area (Å²) in [6, 6.07) is 13.5. The fourth-order valence-corrected chi connectivity index (χ4v) is 2.92. The summed E-state index contributed by atoms with van der Waals surface area (Å²) >= 11 is 17.4. The van der Waals surface area contributed by atoms with E-state index in [1.165, 1.54) is 0 Å². The number of nitrogens with zero attached hydrogens (tertiary/aromatic N) is 1. The first-order valence-electron chi connectivity index (χ1n) is 9.26. The maximum Gasteiger partial charge on any atom is 0.141 e. The second kappa shape index (κ2) is 12.6. The van der Waals surface area contributed by atoms with E-state index in [1.807, 2.05) is 50.2 Å². The Morgan fingerprint density at radius 2 is 1.76 bits per heavy atom. The molecule has 0 aliphatic carbocycles. The van der Waals surface area contributed by atoms with Gasteiger partial charge < -0.3 is 14.3 Å². The highest BCUT2D eigenvalue weighted by Gasteiger charge is 2.09. The molecule has 0 fully saturated rings. The largest absolute Gasteiger partial charge is 0.492 e. The third-order valence-electron chi connectivity index (χ3n) is 3.96. The Hall–Kier alpha value is -1.88. The predicted molar refractivity (Wildman–Crippen MR) is 121 cm³/mol. The van der Waals surface area contributed by atoms with Crippen LogP contribution in [0.25, 0.3) is 0 Å². The van der Waals surface area contributed by atoms with E-state index in [-0.39, 0.29) is 11.1 Å². The van der Waals surface area contributed by atoms with Crippen molar-refractivity contribution in [3.05, 3.63) is 69.2 Å². The summed E-state index contributed by atoms with van der Waals surface area (Å²) in [5.74, 6) is 1.29. The van der Waals surface area contributed by atoms with Gasteiger partial charge >= 0.3 is 0 Å². The first-order chi connectivity index (χ1) is 14.0. The van der Waals surface area contributed by atoms with Crippen LogP contribution in [0.3, 0.4) is 0 Å². The number of oxime groups is 1. The molecule has 0 aliphatic rings. The number of halogens is 3. The number of ether oxygens (including phenoxy) is 2. The lowest BCUT2D eigenvalue weighted by Gasteiger charge is -2.13. The van der Waals surface area contributed by atoms with Crippen LogP contribution in [-0.4, -0.2) is 25.5 Å². The smallest absolute Gasteiger partial charge is 0.141 e. The molecule has 0 saturated heterocycles. The minimum absolute atomic E-state index is 0.165. The van der Waals surface area contributed by atoms with Crippen molar-refractivity contribution < 1.29 is 14.3 Å². The minimum Gasteiger partial charge on any atom is -0.492 e. The normalized spacial score (nSPS) is 11.1. The zero-order chi connectivity index (χ0) is 21.1. The number of aryl methyl sites for hydroxylation is 1. The Morgan fingerprint density at radius 3 is 2.45 bits per heavy atom. The molecule has 0 amide bonds. The number of rotatable bonds is 11. The Bertz CT molecular complexity index is 811. The first kappa shape index (κ1) is 23.4. The molecule has 0 aromatic heterocycles. The van der Waals surface area contributed by atoms with E-state index < -0.39 is 0 Å². The molecular weight excluding hydrogens is 433 g/mol. The molecule has 0 bridgehead atoms. The lowest BCUT2D eigenvalue weighted by atomic mass is 10.1. The summed E-state index contributed by atoms with van der Waals surface area (Å²) in [6.07, 6.45) is 3.21. The lowest BCUT2D eigenvalue weighted by molar-refractivity contribution is 0.135. The van der Waals surface area contributed by atoms with E-state index >= 15 is 0 Å². The average Bonchev–Trinajstić information content (AvgIpc) is 2.69. The molecule has 2 aromatic carbocycles. The van der Waals surface area contributed by atoms with Gasteiger partial charge in [-0.3, -0.25) is 0 Å². The molecule has 29 heavy (non-hydrogen) atoms. The van der Waals surface area contributed by atoms with E-state index in [2.05, 4.69) is 5.16 Å². The van der Waals surface area contributed by atoms with Gasteiger partial charge in [0.2, 0.25) is 0 Å². The molecule has 0 saturated carbocycles. The molecular formula is C22H24Cl3NO3. The van der Waals surface area contributed by atoms with Crippen LogP contribution < -0.4 is 9.47 Å². The third kappa shape index (κ3) is 8.57. The predicted octanol–water partition coefficient (Wildman–Crippen LogP) is 6.95. The second-order valence-electron chi connectivity index (χ2n) is 6.29. The highest BCUT2D eigenvalue weighted by molar-refractivity contribution is 6.55. The minimum atomic E-state index is 0.165. The van der Waals surface area contributed by atoms with Crippen LogP contribution in [0.15, 0.2) is 58.2 Å². The summed E-state index contributed by atoms with van der Waals surface area (Å²) in [5.41, 5.74) is 2.80. The van der Waals surface area contributed by atoms with Gasteiger partial charge in [0, 0.05) is 6.07 Å². The maximum absolute atomic E-state index is 6.32. The average molecular weight is 457 g/mol. The number of hydrogen-bond acceptors (Lipinski definition) is 4. The number of unbranched alkanes of at least 4 members (excludes halogenated alkanes) is 1. The van der Waals surface area contributed by atoms with E-state index in [0.717, 1.165) is 29.7 Å². The molecule has 0 atom stereocenters. The van der Waals surface area contributed by atoms with Crippen LogP contribution in [0, 0.1) is 6.92 Å². The van der Waals surface area contributed by atoms with Gasteiger partial charge in [-0.15, -0.1) is 0 Å². The fourth-order valence-electron chi connectivity index (χ4n) is 2.48. The Balaban J connectivity index is 1.71. The molecule has 0 radical (unpaired) electrons. The molecule has 0 unspecified atom stereocenters. The zero-order valence-corrected chi connectivity index (χ0v) is 18.7. The molecule has 2 aromatic rings. The van der Waals surface area contributed by atoms with Crippen LogP contribution in [0.1, 0.15) is 30.9 Å². The van der Waals surface area contributed by atoms with Gasteiger partial charge in [0.25, 0.3) is 0 Å². The fraction of sp³-hybridized carbons (Fsp3) is 0.318. The Labute approximate surface area is 187 Å². The van der Waals surface area contributed by atoms with E-state index in [4.69, 9.17) is 49.1 Å². The zero-order valence-electron chi connectivity index (χ0n) is 16.5. The van der Waals surface area contributed by atoms with Crippen molar-refractivity contribution in [3.63, 3.8) is 0 Å². The third-order valence-corrected chi connectivity index (χ3v) is 4.55. The topological polar surface area (TPSA) is 40.0 Å². The summed E-state index contributed by atoms with van der Waals surface area (Å²) in [6.45, 7) is 5.18. The molecule has 2 rings (SSSR count). The van der Waals surface area contributed by atoms with Crippen LogP contribution >= 0.6 is 34.8 Å². The molecule has 0 heterocycles. The summed E-state index contributed by atoms with van der Waals surface area (Å²) in [5, 5.41) is 4.64. The molecule has 0 N–H and O–H groups in total. The van der Waals surface area contributed by atoms with Crippen LogP contribution in [0.5, 0.6) is 11.5 Å². The van der Waals surface area contributed by atoms with Gasteiger partial charge in [-0.1, -0.05) is 70.3 Å². The van der Waals surface area contributed by atoms with Gasteiger partial charge in [-0.25, -0.2) is 0 Å². The Morgan fingerprint density at radius 1 is 1.03 bits per heavy atom. The van der Waals surface area contributed by atoms with Gasteiger partial charge in [0.1, 0.15) is 29.2 Å². The summed E-state index contributed by atoms with van der Waals surface area (Å²) in [4.78, 5) is 5.39. The van der Waals surface area contributed by atoms with Crippen LogP contribution in [0.2, 0.25) is 5.02 Å². The monoisotopic (exact) mass is 455 g/mol.